The van der Waals surface area contributed by atoms with Crippen molar-refractivity contribution in [3.05, 3.63) is 11.1 Å². The van der Waals surface area contributed by atoms with Crippen LogP contribution in [0.15, 0.2) is 11.1 Å². The van der Waals surface area contributed by atoms with Gasteiger partial charge in [-0.1, -0.05) is 15.9 Å². The van der Waals surface area contributed by atoms with Gasteiger partial charge in [-0.2, -0.15) is 0 Å². The fraction of sp³-hybridized carbons (Fsp3) is 0.800. The largest absolute Gasteiger partial charge is 0.390 e. The lowest BCUT2D eigenvalue weighted by molar-refractivity contribution is -0.108. The van der Waals surface area contributed by atoms with E-state index in [2.05, 4.69) is 15.9 Å². The molecule has 0 bridgehead atoms. The number of aliphatic hydroxyl groups is 2. The lowest BCUT2D eigenvalue weighted by Crippen LogP contribution is -2.38. The molecular weight excluding hydrogens is 248 g/mol. The van der Waals surface area contributed by atoms with Crippen molar-refractivity contribution in [1.82, 2.24) is 0 Å². The zero-order valence-corrected chi connectivity index (χ0v) is 10.3. The minimum Gasteiger partial charge on any atom is -0.390 e. The molecule has 0 amide bonds. The van der Waals surface area contributed by atoms with E-state index in [1.807, 2.05) is 0 Å². The molecule has 0 aliphatic carbocycles. The van der Waals surface area contributed by atoms with Gasteiger partial charge in [-0.25, -0.2) is 0 Å². The summed E-state index contributed by atoms with van der Waals surface area (Å²) in [5, 5.41) is 19.6. The molecular formula is C10H17BrO3. The molecule has 1 heterocycles. The number of hydrogen-bond acceptors (Lipinski definition) is 3. The van der Waals surface area contributed by atoms with Gasteiger partial charge in [-0.15, -0.1) is 0 Å². The lowest BCUT2D eigenvalue weighted by atomic mass is 9.94. The number of aliphatic hydroxyl groups excluding tert-OH is 1. The van der Waals surface area contributed by atoms with Gasteiger partial charge in [0.05, 0.1) is 17.8 Å². The van der Waals surface area contributed by atoms with E-state index in [9.17, 15) is 10.2 Å². The SMILES string of the molecule is CC(C)(O)[C@@H]1C[C@@H](O)[C@](C)(/C=C/Br)O1. The van der Waals surface area contributed by atoms with Crippen molar-refractivity contribution in [1.29, 1.82) is 0 Å². The molecule has 1 saturated heterocycles. The van der Waals surface area contributed by atoms with E-state index in [1.165, 1.54) is 0 Å². The number of ether oxygens (including phenoxy) is 1. The van der Waals surface area contributed by atoms with Crippen LogP contribution in [-0.2, 0) is 4.74 Å². The Bertz CT molecular complexity index is 234. The van der Waals surface area contributed by atoms with Crippen molar-refractivity contribution in [2.75, 3.05) is 0 Å². The molecule has 0 saturated carbocycles. The number of halogens is 1. The van der Waals surface area contributed by atoms with E-state index >= 15 is 0 Å². The predicted molar refractivity (Wildman–Crippen MR) is 58.3 cm³/mol. The Kier molecular flexibility index (Phi) is 3.41. The zero-order chi connectivity index (χ0) is 11.0. The van der Waals surface area contributed by atoms with Crippen molar-refractivity contribution in [3.8, 4) is 0 Å². The molecule has 0 spiro atoms. The third-order valence-electron chi connectivity index (χ3n) is 2.68. The fourth-order valence-corrected chi connectivity index (χ4v) is 2.10. The fourth-order valence-electron chi connectivity index (χ4n) is 1.58. The van der Waals surface area contributed by atoms with Gasteiger partial charge in [-0.05, 0) is 31.8 Å². The third kappa shape index (κ3) is 2.37. The zero-order valence-electron chi connectivity index (χ0n) is 8.70. The van der Waals surface area contributed by atoms with Crippen molar-refractivity contribution >= 4 is 15.9 Å². The van der Waals surface area contributed by atoms with Crippen LogP contribution in [0.5, 0.6) is 0 Å². The first kappa shape index (κ1) is 12.2. The second kappa shape index (κ2) is 3.93. The van der Waals surface area contributed by atoms with Gasteiger partial charge in [0, 0.05) is 6.42 Å². The number of rotatable bonds is 2. The first-order valence-corrected chi connectivity index (χ1v) is 5.57. The van der Waals surface area contributed by atoms with Crippen molar-refractivity contribution < 1.29 is 14.9 Å². The molecule has 1 aliphatic heterocycles. The summed E-state index contributed by atoms with van der Waals surface area (Å²) < 4.78 is 5.65. The summed E-state index contributed by atoms with van der Waals surface area (Å²) in [7, 11) is 0. The normalized spacial score (nSPS) is 39.6. The van der Waals surface area contributed by atoms with Gasteiger partial charge in [0.25, 0.3) is 0 Å². The molecule has 3 nitrogen and oxygen atoms in total. The molecule has 0 aromatic rings. The van der Waals surface area contributed by atoms with Crippen LogP contribution in [0.3, 0.4) is 0 Å². The van der Waals surface area contributed by atoms with Gasteiger partial charge in [0.2, 0.25) is 0 Å². The van der Waals surface area contributed by atoms with Crippen LogP contribution in [0.2, 0.25) is 0 Å². The van der Waals surface area contributed by atoms with Crippen LogP contribution in [-0.4, -0.2) is 33.6 Å². The monoisotopic (exact) mass is 264 g/mol. The van der Waals surface area contributed by atoms with E-state index in [0.29, 0.717) is 6.42 Å². The second-order valence-corrected chi connectivity index (χ2v) is 5.02. The highest BCUT2D eigenvalue weighted by atomic mass is 79.9. The summed E-state index contributed by atoms with van der Waals surface area (Å²) in [6.45, 7) is 5.18. The molecule has 4 heteroatoms. The average molecular weight is 265 g/mol. The first-order chi connectivity index (χ1) is 6.29. The molecule has 14 heavy (non-hydrogen) atoms. The molecule has 2 N–H and O–H groups in total. The molecule has 0 aromatic heterocycles. The van der Waals surface area contributed by atoms with Crippen LogP contribution >= 0.6 is 15.9 Å². The van der Waals surface area contributed by atoms with E-state index in [0.717, 1.165) is 0 Å². The molecule has 3 atom stereocenters. The summed E-state index contributed by atoms with van der Waals surface area (Å²) in [4.78, 5) is 1.67. The molecule has 0 radical (unpaired) electrons. The van der Waals surface area contributed by atoms with Crippen molar-refractivity contribution in [3.63, 3.8) is 0 Å². The summed E-state index contributed by atoms with van der Waals surface area (Å²) >= 11 is 3.16. The Morgan fingerprint density at radius 3 is 2.50 bits per heavy atom. The van der Waals surface area contributed by atoms with E-state index < -0.39 is 17.3 Å². The van der Waals surface area contributed by atoms with E-state index in [4.69, 9.17) is 4.74 Å². The highest BCUT2D eigenvalue weighted by molar-refractivity contribution is 9.11. The van der Waals surface area contributed by atoms with Crippen LogP contribution < -0.4 is 0 Å². The van der Waals surface area contributed by atoms with E-state index in [1.54, 1.807) is 31.8 Å². The first-order valence-electron chi connectivity index (χ1n) is 4.66. The Labute approximate surface area is 92.9 Å². The van der Waals surface area contributed by atoms with E-state index in [-0.39, 0.29) is 6.10 Å². The summed E-state index contributed by atoms with van der Waals surface area (Å²) in [6.07, 6.45) is 1.31. The second-order valence-electron chi connectivity index (χ2n) is 4.49. The maximum absolute atomic E-state index is 9.80. The standard InChI is InChI=1S/C10H17BrO3/c1-9(2,13)8-6-7(12)10(3,14-8)4-5-11/h4-5,7-8,12-13H,6H2,1-3H3/b5-4+/t7-,8+,10+/m1/s1. The molecule has 82 valence electrons. The minimum absolute atomic E-state index is 0.328. The molecule has 1 aliphatic rings. The third-order valence-corrected chi connectivity index (χ3v) is 2.94. The molecule has 1 rings (SSSR count). The average Bonchev–Trinajstić information content (AvgIpc) is 2.28. The Morgan fingerprint density at radius 1 is 1.57 bits per heavy atom. The predicted octanol–water partition coefficient (Wildman–Crippen LogP) is 1.57. The van der Waals surface area contributed by atoms with Gasteiger partial charge in [0.15, 0.2) is 0 Å². The quantitative estimate of drug-likeness (QED) is 0.796. The molecule has 0 unspecified atom stereocenters. The van der Waals surface area contributed by atoms with Crippen LogP contribution in [0.25, 0.3) is 0 Å². The maximum Gasteiger partial charge on any atom is 0.111 e. The Morgan fingerprint density at radius 2 is 2.14 bits per heavy atom. The van der Waals surface area contributed by atoms with Crippen LogP contribution in [0, 0.1) is 0 Å². The molecule has 1 fully saturated rings. The minimum atomic E-state index is -0.918. The van der Waals surface area contributed by atoms with Crippen molar-refractivity contribution in [2.45, 2.75) is 50.6 Å². The number of hydrogen-bond donors (Lipinski definition) is 2. The van der Waals surface area contributed by atoms with Crippen LogP contribution in [0.4, 0.5) is 0 Å². The van der Waals surface area contributed by atoms with Gasteiger partial charge in [0.1, 0.15) is 5.60 Å². The van der Waals surface area contributed by atoms with Gasteiger partial charge >= 0.3 is 0 Å². The Hall–Kier alpha value is 0.1000. The topological polar surface area (TPSA) is 49.7 Å². The molecule has 0 aromatic carbocycles. The maximum atomic E-state index is 9.80. The smallest absolute Gasteiger partial charge is 0.111 e. The van der Waals surface area contributed by atoms with Crippen LogP contribution in [0.1, 0.15) is 27.2 Å². The summed E-state index contributed by atoms with van der Waals surface area (Å²) in [5.41, 5.74) is -1.62. The highest BCUT2D eigenvalue weighted by Gasteiger charge is 2.47. The lowest BCUT2D eigenvalue weighted by Gasteiger charge is -2.28. The van der Waals surface area contributed by atoms with Gasteiger partial charge < -0.3 is 14.9 Å². The van der Waals surface area contributed by atoms with Crippen molar-refractivity contribution in [2.24, 2.45) is 0 Å². The summed E-state index contributed by atoms with van der Waals surface area (Å²) in [6, 6.07) is 0. The highest BCUT2D eigenvalue weighted by Crippen LogP contribution is 2.36. The van der Waals surface area contributed by atoms with Gasteiger partial charge in [-0.3, -0.25) is 0 Å². The summed E-state index contributed by atoms with van der Waals surface area (Å²) in [5.74, 6) is 0. The Balaban J connectivity index is 2.78.